The standard InChI is InChI=1S/C18H29N3OS/c1-6-16(12-19)15(4)23-13-14(3)18(22)20(5)17-8-10-21(7-2)11-9-17/h6,12-13,17,19H,4,7-11H2,1-3,5H3/b14-13+,16-6+,19-12?. The summed E-state index contributed by atoms with van der Waals surface area (Å²) in [6.07, 6.45) is 5.22. The van der Waals surface area contributed by atoms with Gasteiger partial charge in [-0.25, -0.2) is 0 Å². The fourth-order valence-corrected chi connectivity index (χ4v) is 3.40. The molecule has 4 nitrogen and oxygen atoms in total. The fourth-order valence-electron chi connectivity index (χ4n) is 2.67. The van der Waals surface area contributed by atoms with Gasteiger partial charge in [-0.3, -0.25) is 4.79 Å². The molecule has 5 heteroatoms. The molecule has 0 atom stereocenters. The van der Waals surface area contributed by atoms with Gasteiger partial charge < -0.3 is 15.2 Å². The Kier molecular flexibility index (Phi) is 8.34. The normalized spacial score (nSPS) is 17.9. The maximum Gasteiger partial charge on any atom is 0.250 e. The van der Waals surface area contributed by atoms with Crippen LogP contribution < -0.4 is 0 Å². The van der Waals surface area contributed by atoms with Crippen molar-refractivity contribution < 1.29 is 4.79 Å². The lowest BCUT2D eigenvalue weighted by Gasteiger charge is -2.36. The Labute approximate surface area is 144 Å². The van der Waals surface area contributed by atoms with Crippen LogP contribution in [-0.4, -0.2) is 54.6 Å². The molecule has 0 spiro atoms. The third kappa shape index (κ3) is 5.66. The second-order valence-electron chi connectivity index (χ2n) is 5.81. The van der Waals surface area contributed by atoms with Crippen molar-refractivity contribution in [2.45, 2.75) is 39.7 Å². The molecule has 1 amide bonds. The number of carbonyl (C=O) groups excluding carboxylic acids is 1. The van der Waals surface area contributed by atoms with Gasteiger partial charge in [0.1, 0.15) is 0 Å². The van der Waals surface area contributed by atoms with Gasteiger partial charge in [-0.15, -0.1) is 0 Å². The first-order chi connectivity index (χ1) is 10.9. The van der Waals surface area contributed by atoms with Crippen molar-refractivity contribution >= 4 is 23.9 Å². The number of nitrogens with one attached hydrogen (secondary N) is 1. The molecule has 0 aromatic carbocycles. The smallest absolute Gasteiger partial charge is 0.250 e. The monoisotopic (exact) mass is 335 g/mol. The SMILES string of the molecule is C=C(S/C=C(\C)C(=O)N(C)C1CCN(CC)CC1)/C(C=N)=C/C. The number of nitrogens with zero attached hydrogens (tertiary/aromatic N) is 2. The number of likely N-dealkylation sites (tertiary alicyclic amines) is 1. The van der Waals surface area contributed by atoms with E-state index in [0.717, 1.165) is 48.5 Å². The van der Waals surface area contributed by atoms with Crippen LogP contribution in [0.3, 0.4) is 0 Å². The van der Waals surface area contributed by atoms with E-state index in [1.165, 1.54) is 18.0 Å². The highest BCUT2D eigenvalue weighted by atomic mass is 32.2. The summed E-state index contributed by atoms with van der Waals surface area (Å²) in [5.41, 5.74) is 1.50. The summed E-state index contributed by atoms with van der Waals surface area (Å²) in [6.45, 7) is 13.1. The Bertz CT molecular complexity index is 502. The van der Waals surface area contributed by atoms with Gasteiger partial charge >= 0.3 is 0 Å². The van der Waals surface area contributed by atoms with E-state index in [-0.39, 0.29) is 5.91 Å². The maximum atomic E-state index is 12.6. The summed E-state index contributed by atoms with van der Waals surface area (Å²) in [5, 5.41) is 9.17. The van der Waals surface area contributed by atoms with Crippen LogP contribution in [0.5, 0.6) is 0 Å². The zero-order valence-corrected chi connectivity index (χ0v) is 15.6. The van der Waals surface area contributed by atoms with Crippen LogP contribution in [0.4, 0.5) is 0 Å². The van der Waals surface area contributed by atoms with Crippen LogP contribution in [0.25, 0.3) is 0 Å². The Hall–Kier alpha value is -1.33. The molecule has 0 radical (unpaired) electrons. The fraction of sp³-hybridized carbons (Fsp3) is 0.556. The van der Waals surface area contributed by atoms with Gasteiger partial charge in [-0.05, 0) is 38.6 Å². The van der Waals surface area contributed by atoms with Gasteiger partial charge in [-0.2, -0.15) is 0 Å². The molecule has 1 fully saturated rings. The summed E-state index contributed by atoms with van der Waals surface area (Å²) >= 11 is 1.41. The minimum Gasteiger partial charge on any atom is -0.339 e. The first kappa shape index (κ1) is 19.7. The Morgan fingerprint density at radius 3 is 2.52 bits per heavy atom. The number of carbonyl (C=O) groups is 1. The predicted octanol–water partition coefficient (Wildman–Crippen LogP) is 3.68. The summed E-state index contributed by atoms with van der Waals surface area (Å²) in [4.78, 5) is 17.7. The van der Waals surface area contributed by atoms with Crippen LogP contribution in [-0.2, 0) is 4.79 Å². The van der Waals surface area contributed by atoms with E-state index in [0.29, 0.717) is 6.04 Å². The second-order valence-corrected chi connectivity index (χ2v) is 6.78. The van der Waals surface area contributed by atoms with Crippen LogP contribution in [0.2, 0.25) is 0 Å². The Morgan fingerprint density at radius 1 is 1.43 bits per heavy atom. The van der Waals surface area contributed by atoms with Crippen LogP contribution in [0.15, 0.2) is 34.1 Å². The van der Waals surface area contributed by atoms with Gasteiger partial charge in [0.15, 0.2) is 0 Å². The molecule has 23 heavy (non-hydrogen) atoms. The Morgan fingerprint density at radius 2 is 2.04 bits per heavy atom. The van der Waals surface area contributed by atoms with Crippen molar-refractivity contribution in [3.8, 4) is 0 Å². The molecule has 1 aliphatic heterocycles. The van der Waals surface area contributed by atoms with Crippen molar-refractivity contribution in [1.82, 2.24) is 9.80 Å². The Balaban J connectivity index is 2.60. The first-order valence-corrected chi connectivity index (χ1v) is 9.01. The molecule has 0 aliphatic carbocycles. The molecule has 0 saturated carbocycles. The van der Waals surface area contributed by atoms with E-state index >= 15 is 0 Å². The molecular formula is C18H29N3OS. The molecular weight excluding hydrogens is 306 g/mol. The van der Waals surface area contributed by atoms with E-state index in [9.17, 15) is 4.79 Å². The number of allylic oxidation sites excluding steroid dienone is 2. The number of thioether (sulfide) groups is 1. The molecule has 0 aromatic rings. The lowest BCUT2D eigenvalue weighted by Crippen LogP contribution is -2.45. The highest BCUT2D eigenvalue weighted by Gasteiger charge is 2.25. The second kappa shape index (κ2) is 9.73. The molecule has 128 valence electrons. The third-order valence-corrected chi connectivity index (χ3v) is 5.37. The molecule has 1 rings (SSSR count). The number of rotatable bonds is 7. The van der Waals surface area contributed by atoms with Crippen LogP contribution in [0, 0.1) is 5.41 Å². The minimum absolute atomic E-state index is 0.0807. The lowest BCUT2D eigenvalue weighted by molar-refractivity contribution is -0.128. The van der Waals surface area contributed by atoms with Gasteiger partial charge in [0.2, 0.25) is 5.91 Å². The maximum absolute atomic E-state index is 12.6. The number of likely N-dealkylation sites (N-methyl/N-ethyl adjacent to an activating group) is 1. The van der Waals surface area contributed by atoms with E-state index < -0.39 is 0 Å². The molecule has 0 unspecified atom stereocenters. The summed E-state index contributed by atoms with van der Waals surface area (Å²) < 4.78 is 0. The first-order valence-electron chi connectivity index (χ1n) is 8.13. The highest BCUT2D eigenvalue weighted by Crippen LogP contribution is 2.24. The van der Waals surface area contributed by atoms with Crippen LogP contribution >= 0.6 is 11.8 Å². The third-order valence-electron chi connectivity index (χ3n) is 4.38. The van der Waals surface area contributed by atoms with E-state index in [1.807, 2.05) is 37.3 Å². The zero-order valence-electron chi connectivity index (χ0n) is 14.8. The van der Waals surface area contributed by atoms with Gasteiger partial charge in [0.05, 0.1) is 0 Å². The van der Waals surface area contributed by atoms with Gasteiger partial charge in [0.25, 0.3) is 0 Å². The minimum atomic E-state index is 0.0807. The van der Waals surface area contributed by atoms with Crippen molar-refractivity contribution in [2.24, 2.45) is 0 Å². The van der Waals surface area contributed by atoms with E-state index in [2.05, 4.69) is 18.4 Å². The topological polar surface area (TPSA) is 47.4 Å². The van der Waals surface area contributed by atoms with Crippen molar-refractivity contribution in [3.63, 3.8) is 0 Å². The summed E-state index contributed by atoms with van der Waals surface area (Å²) in [5.74, 6) is 0.0807. The average molecular weight is 336 g/mol. The number of amides is 1. The lowest BCUT2D eigenvalue weighted by atomic mass is 10.0. The van der Waals surface area contributed by atoms with E-state index in [1.54, 1.807) is 0 Å². The zero-order chi connectivity index (χ0) is 17.4. The molecule has 0 aromatic heterocycles. The molecule has 1 aliphatic rings. The molecule has 0 bridgehead atoms. The predicted molar refractivity (Wildman–Crippen MR) is 101 cm³/mol. The number of piperidine rings is 1. The molecule has 1 N–H and O–H groups in total. The summed E-state index contributed by atoms with van der Waals surface area (Å²) in [6, 6.07) is 0.328. The summed E-state index contributed by atoms with van der Waals surface area (Å²) in [7, 11) is 1.90. The quantitative estimate of drug-likeness (QED) is 0.439. The molecule has 1 heterocycles. The van der Waals surface area contributed by atoms with Crippen molar-refractivity contribution in [2.75, 3.05) is 26.7 Å². The van der Waals surface area contributed by atoms with Crippen molar-refractivity contribution in [3.05, 3.63) is 34.1 Å². The number of hydrogen-bond donors (Lipinski definition) is 1. The average Bonchev–Trinajstić information content (AvgIpc) is 2.59. The van der Waals surface area contributed by atoms with Crippen LogP contribution in [0.1, 0.15) is 33.6 Å². The van der Waals surface area contributed by atoms with Gasteiger partial charge in [0, 0.05) is 48.4 Å². The highest BCUT2D eigenvalue weighted by molar-refractivity contribution is 8.06. The largest absolute Gasteiger partial charge is 0.339 e. The number of hydrogen-bond acceptors (Lipinski definition) is 4. The van der Waals surface area contributed by atoms with Gasteiger partial charge in [-0.1, -0.05) is 31.3 Å². The van der Waals surface area contributed by atoms with Crippen molar-refractivity contribution in [1.29, 1.82) is 5.41 Å². The van der Waals surface area contributed by atoms with E-state index in [4.69, 9.17) is 5.41 Å². The molecule has 1 saturated heterocycles.